The first-order chi connectivity index (χ1) is 3.50. The Kier molecular flexibility index (Phi) is 3.01. The Morgan fingerprint density at radius 1 is 1.00 bits per heavy atom. The number of hydrogen-bond acceptors (Lipinski definition) is 4. The number of hydrogen-bond donors (Lipinski definition) is 0. The molecule has 0 aromatic heterocycles. The van der Waals surface area contributed by atoms with E-state index in [1.165, 1.54) is 2.43 Å². The quantitative estimate of drug-likeness (QED) is 0.316. The van der Waals surface area contributed by atoms with Crippen molar-refractivity contribution in [3.8, 4) is 0 Å². The van der Waals surface area contributed by atoms with Crippen LogP contribution in [0, 0.1) is 0 Å². The van der Waals surface area contributed by atoms with Crippen LogP contribution in [-0.4, -0.2) is 2.43 Å². The first-order valence-corrected chi connectivity index (χ1v) is 6.45. The molecule has 0 unspecified atom stereocenters. The molecule has 1 rings (SSSR count). The molecule has 4 nitrogen and oxygen atoms in total. The number of rotatable bonds is 0. The summed E-state index contributed by atoms with van der Waals surface area (Å²) in [4.78, 5) is 0. The van der Waals surface area contributed by atoms with Crippen molar-refractivity contribution in [2.45, 2.75) is 0 Å². The van der Waals surface area contributed by atoms with Crippen LogP contribution >= 0.6 is 0 Å². The molecule has 7 heavy (non-hydrogen) atoms. The molecule has 0 bridgehead atoms. The minimum absolute atomic E-state index is 0.00694. The third kappa shape index (κ3) is 2.46. The van der Waals surface area contributed by atoms with Gasteiger partial charge in [0.15, 0.2) is 0 Å². The van der Waals surface area contributed by atoms with Gasteiger partial charge >= 0.3 is 62.5 Å². The molecule has 0 aliphatic carbocycles. The van der Waals surface area contributed by atoms with Crippen LogP contribution in [-0.2, 0) is 0 Å². The summed E-state index contributed by atoms with van der Waals surface area (Å²) in [6.45, 7) is 0. The third-order valence-corrected chi connectivity index (χ3v) is 5.28. The number of nitrogens with zero attached hydrogens (tertiary/aromatic N) is 4. The zero-order valence-electron chi connectivity index (χ0n) is 3.25. The standard InChI is InChI=1S/CH2I2N4/c1-2-4-6-7-5-3-1/h1H2/q-2. The second kappa shape index (κ2) is 3.64. The van der Waals surface area contributed by atoms with Crippen molar-refractivity contribution in [3.63, 3.8) is 0 Å². The van der Waals surface area contributed by atoms with Crippen molar-refractivity contribution in [2.24, 2.45) is 17.1 Å². The fourth-order valence-corrected chi connectivity index (χ4v) is 3.25. The zero-order valence-corrected chi connectivity index (χ0v) is 7.57. The fourth-order valence-electron chi connectivity index (χ4n) is 0.139. The minimum atomic E-state index is 0.00694. The van der Waals surface area contributed by atoms with Crippen LogP contribution in [0.2, 0.25) is 0 Å². The average molecular weight is 324 g/mol. The van der Waals surface area contributed by atoms with E-state index < -0.39 is 0 Å². The van der Waals surface area contributed by atoms with Gasteiger partial charge in [-0.2, -0.15) is 0 Å². The summed E-state index contributed by atoms with van der Waals surface area (Å²) in [6, 6.07) is 0. The van der Waals surface area contributed by atoms with E-state index in [9.17, 15) is 0 Å². The van der Waals surface area contributed by atoms with E-state index in [1.54, 1.807) is 0 Å². The molecule has 0 aromatic carbocycles. The summed E-state index contributed by atoms with van der Waals surface area (Å²) in [5, 5.41) is 6.86. The van der Waals surface area contributed by atoms with Gasteiger partial charge < -0.3 is 0 Å². The maximum atomic E-state index is 3.77. The Balaban J connectivity index is 2.39. The van der Waals surface area contributed by atoms with Gasteiger partial charge in [0.1, 0.15) is 0 Å². The Hall–Kier alpha value is 0.660. The van der Waals surface area contributed by atoms with Gasteiger partial charge in [0, 0.05) is 0 Å². The Bertz CT molecular complexity index is 85.9. The molecule has 0 amide bonds. The molecule has 6 heteroatoms. The maximum absolute atomic E-state index is 3.77. The fraction of sp³-hybridized carbons (Fsp3) is 1.00. The molecule has 0 atom stereocenters. The van der Waals surface area contributed by atoms with Crippen LogP contribution in [0.1, 0.15) is 0 Å². The molecule has 0 spiro atoms. The van der Waals surface area contributed by atoms with E-state index in [2.05, 4.69) is 17.1 Å². The van der Waals surface area contributed by atoms with Crippen LogP contribution in [0.4, 0.5) is 0 Å². The van der Waals surface area contributed by atoms with Crippen LogP contribution in [0.5, 0.6) is 0 Å². The van der Waals surface area contributed by atoms with Crippen molar-refractivity contribution >= 4 is 0 Å². The molecule has 42 valence electrons. The van der Waals surface area contributed by atoms with E-state index in [-0.39, 0.29) is 43.0 Å². The van der Waals surface area contributed by atoms with Gasteiger partial charge in [0.2, 0.25) is 0 Å². The first kappa shape index (κ1) is 5.79. The Morgan fingerprint density at radius 2 is 1.57 bits per heavy atom. The molecule has 0 saturated heterocycles. The van der Waals surface area contributed by atoms with Crippen LogP contribution in [0.15, 0.2) is 17.1 Å². The second-order valence-electron chi connectivity index (χ2n) is 0.670. The number of alkyl halides is 2. The average Bonchev–Trinajstić information content (AvgIpc) is 1.90. The van der Waals surface area contributed by atoms with Gasteiger partial charge in [-0.3, -0.25) is 0 Å². The summed E-state index contributed by atoms with van der Waals surface area (Å²) in [6.07, 6.45) is 0. The molecule has 0 fully saturated rings. The number of halogens is 2. The third-order valence-electron chi connectivity index (χ3n) is 0.305. The predicted octanol–water partition coefficient (Wildman–Crippen LogP) is -5.22. The van der Waals surface area contributed by atoms with E-state index in [1.807, 2.05) is 0 Å². The Labute approximate surface area is 62.1 Å². The topological polar surface area (TPSA) is 49.4 Å². The van der Waals surface area contributed by atoms with E-state index in [0.29, 0.717) is 0 Å². The van der Waals surface area contributed by atoms with E-state index in [4.69, 9.17) is 0 Å². The Morgan fingerprint density at radius 3 is 2.14 bits per heavy atom. The van der Waals surface area contributed by atoms with Crippen molar-refractivity contribution in [3.05, 3.63) is 0 Å². The van der Waals surface area contributed by atoms with Gasteiger partial charge in [-0.05, 0) is 0 Å². The van der Waals surface area contributed by atoms with Gasteiger partial charge in [-0.25, -0.2) is 0 Å². The van der Waals surface area contributed by atoms with Gasteiger partial charge in [0.25, 0.3) is 0 Å². The van der Waals surface area contributed by atoms with Gasteiger partial charge in [-0.1, -0.05) is 0 Å². The second-order valence-corrected chi connectivity index (χ2v) is 7.34. The summed E-state index contributed by atoms with van der Waals surface area (Å²) in [5.74, 6) is 0. The van der Waals surface area contributed by atoms with E-state index >= 15 is 0 Å². The molecule has 0 N–H and O–H groups in total. The normalized spacial score (nSPS) is 21.7. The first-order valence-electron chi connectivity index (χ1n) is 1.47. The van der Waals surface area contributed by atoms with Crippen LogP contribution in [0.25, 0.3) is 0 Å². The van der Waals surface area contributed by atoms with Crippen molar-refractivity contribution in [2.75, 3.05) is 2.43 Å². The molecular weight excluding hydrogens is 322 g/mol. The summed E-state index contributed by atoms with van der Waals surface area (Å²) in [7, 11) is 0. The molecule has 1 aliphatic heterocycles. The predicted molar refractivity (Wildman–Crippen MR) is 14.6 cm³/mol. The van der Waals surface area contributed by atoms with Gasteiger partial charge in [0.05, 0.1) is 0 Å². The molecule has 0 saturated carbocycles. The summed E-state index contributed by atoms with van der Waals surface area (Å²) >= 11 is 0.0139. The monoisotopic (exact) mass is 324 g/mol. The molecule has 1 heterocycles. The van der Waals surface area contributed by atoms with Crippen LogP contribution in [0.3, 0.4) is 0 Å². The molecule has 1 aliphatic rings. The summed E-state index contributed by atoms with van der Waals surface area (Å²) in [5.41, 5.74) is 0. The van der Waals surface area contributed by atoms with Crippen LogP contribution < -0.4 is 43.0 Å². The molecular formula is CH2I2N4-2. The van der Waals surface area contributed by atoms with E-state index in [0.717, 1.165) is 0 Å². The van der Waals surface area contributed by atoms with Gasteiger partial charge in [-0.15, -0.1) is 0 Å². The zero-order chi connectivity index (χ0) is 4.95. The molecule has 0 aromatic rings. The van der Waals surface area contributed by atoms with Crippen molar-refractivity contribution < 1.29 is 43.0 Å². The SMILES string of the molecule is C1[I-]N=NN=N[I-]1. The van der Waals surface area contributed by atoms with Crippen molar-refractivity contribution in [1.29, 1.82) is 0 Å². The van der Waals surface area contributed by atoms with Crippen molar-refractivity contribution in [1.82, 2.24) is 0 Å². The molecule has 0 radical (unpaired) electrons. The summed E-state index contributed by atoms with van der Waals surface area (Å²) < 4.78 is 8.75.